The summed E-state index contributed by atoms with van der Waals surface area (Å²) in [4.78, 5) is 4.03. The summed E-state index contributed by atoms with van der Waals surface area (Å²) in [5.41, 5.74) is 0. The molecule has 1 aromatic heterocycles. The first-order chi connectivity index (χ1) is 8.54. The van der Waals surface area contributed by atoms with Crippen molar-refractivity contribution in [1.29, 1.82) is 0 Å². The van der Waals surface area contributed by atoms with Crippen LogP contribution in [0.1, 0.15) is 24.8 Å². The lowest BCUT2D eigenvalue weighted by Gasteiger charge is -2.22. The lowest BCUT2D eigenvalue weighted by atomic mass is 10.2. The minimum atomic E-state index is -3.37. The molecule has 0 bridgehead atoms. The zero-order chi connectivity index (χ0) is 13.2. The molecule has 1 unspecified atom stereocenters. The smallest absolute Gasteiger partial charge is 0.254 e. The number of aromatic nitrogens is 1. The summed E-state index contributed by atoms with van der Waals surface area (Å²) < 4.78 is 26.8. The predicted molar refractivity (Wildman–Crippen MR) is 72.3 cm³/mol. The fraction of sp³-hybridized carbons (Fsp3) is 0.727. The van der Waals surface area contributed by atoms with Gasteiger partial charge in [-0.05, 0) is 26.3 Å². The summed E-state index contributed by atoms with van der Waals surface area (Å²) >= 11 is 1.24. The molecule has 2 heterocycles. The molecule has 0 amide bonds. The fourth-order valence-corrected chi connectivity index (χ4v) is 4.90. The SMILES string of the molecule is CCN(CC1CCCN1)S(=O)(=O)c1cnc(C)s1. The Morgan fingerprint density at radius 1 is 1.61 bits per heavy atom. The molecule has 2 rings (SSSR count). The van der Waals surface area contributed by atoms with Gasteiger partial charge in [0.25, 0.3) is 10.0 Å². The van der Waals surface area contributed by atoms with E-state index in [2.05, 4.69) is 10.3 Å². The first-order valence-electron chi connectivity index (χ1n) is 6.20. The summed E-state index contributed by atoms with van der Waals surface area (Å²) in [6, 6.07) is 0.286. The van der Waals surface area contributed by atoms with Gasteiger partial charge in [0, 0.05) is 19.1 Å². The molecule has 18 heavy (non-hydrogen) atoms. The second-order valence-corrected chi connectivity index (χ2v) is 7.85. The number of nitrogens with one attached hydrogen (secondary N) is 1. The van der Waals surface area contributed by atoms with Crippen molar-refractivity contribution in [2.24, 2.45) is 0 Å². The molecule has 102 valence electrons. The van der Waals surface area contributed by atoms with Crippen molar-refractivity contribution in [2.45, 2.75) is 36.9 Å². The van der Waals surface area contributed by atoms with Crippen molar-refractivity contribution in [3.8, 4) is 0 Å². The fourth-order valence-electron chi connectivity index (χ4n) is 2.14. The van der Waals surface area contributed by atoms with E-state index in [0.717, 1.165) is 24.4 Å². The largest absolute Gasteiger partial charge is 0.313 e. The quantitative estimate of drug-likeness (QED) is 0.885. The van der Waals surface area contributed by atoms with E-state index in [1.165, 1.54) is 17.5 Å². The van der Waals surface area contributed by atoms with E-state index in [1.807, 2.05) is 13.8 Å². The van der Waals surface area contributed by atoms with Crippen molar-refractivity contribution in [3.63, 3.8) is 0 Å². The molecule has 0 spiro atoms. The maximum Gasteiger partial charge on any atom is 0.254 e. The van der Waals surface area contributed by atoms with Crippen LogP contribution in [0, 0.1) is 6.92 Å². The van der Waals surface area contributed by atoms with Crippen LogP contribution in [0.4, 0.5) is 0 Å². The van der Waals surface area contributed by atoms with Crippen LogP contribution < -0.4 is 5.32 Å². The van der Waals surface area contributed by atoms with Crippen LogP contribution in [-0.4, -0.2) is 43.4 Å². The van der Waals surface area contributed by atoms with E-state index in [1.54, 1.807) is 4.31 Å². The Bertz CT molecular complexity index is 492. The van der Waals surface area contributed by atoms with Crippen LogP contribution in [0.5, 0.6) is 0 Å². The third-order valence-electron chi connectivity index (χ3n) is 3.13. The summed E-state index contributed by atoms with van der Waals surface area (Å²) in [7, 11) is -3.37. The molecule has 1 aromatic rings. The average Bonchev–Trinajstić information content (AvgIpc) is 2.96. The van der Waals surface area contributed by atoms with E-state index >= 15 is 0 Å². The molecule has 7 heteroatoms. The second kappa shape index (κ2) is 5.64. The highest BCUT2D eigenvalue weighted by atomic mass is 32.2. The monoisotopic (exact) mass is 289 g/mol. The van der Waals surface area contributed by atoms with Gasteiger partial charge < -0.3 is 5.32 Å². The molecule has 1 N–H and O–H groups in total. The molecule has 0 aliphatic carbocycles. The maximum absolute atomic E-state index is 12.4. The molecule has 0 saturated carbocycles. The highest BCUT2D eigenvalue weighted by molar-refractivity contribution is 7.91. The molecule has 1 atom stereocenters. The van der Waals surface area contributed by atoms with Crippen LogP contribution in [0.2, 0.25) is 0 Å². The Balaban J connectivity index is 2.15. The number of hydrogen-bond donors (Lipinski definition) is 1. The molecule has 5 nitrogen and oxygen atoms in total. The normalized spacial score (nSPS) is 20.7. The van der Waals surface area contributed by atoms with E-state index in [0.29, 0.717) is 17.3 Å². The standard InChI is InChI=1S/C11H19N3O2S2/c1-3-14(8-10-5-4-6-12-10)18(15,16)11-7-13-9(2)17-11/h7,10,12H,3-6,8H2,1-2H3. The zero-order valence-electron chi connectivity index (χ0n) is 10.7. The first kappa shape index (κ1) is 13.9. The zero-order valence-corrected chi connectivity index (χ0v) is 12.4. The van der Waals surface area contributed by atoms with Crippen molar-refractivity contribution in [2.75, 3.05) is 19.6 Å². The van der Waals surface area contributed by atoms with Gasteiger partial charge in [-0.15, -0.1) is 11.3 Å². The van der Waals surface area contributed by atoms with Crippen LogP contribution in [-0.2, 0) is 10.0 Å². The number of sulfonamides is 1. The van der Waals surface area contributed by atoms with Crippen molar-refractivity contribution < 1.29 is 8.42 Å². The van der Waals surface area contributed by atoms with Crippen LogP contribution in [0.3, 0.4) is 0 Å². The summed E-state index contributed by atoms with van der Waals surface area (Å²) in [6.07, 6.45) is 3.63. The molecular formula is C11H19N3O2S2. The number of hydrogen-bond acceptors (Lipinski definition) is 5. The lowest BCUT2D eigenvalue weighted by Crippen LogP contribution is -2.40. The van der Waals surface area contributed by atoms with Crippen LogP contribution in [0.25, 0.3) is 0 Å². The topological polar surface area (TPSA) is 62.3 Å². The van der Waals surface area contributed by atoms with Gasteiger partial charge in [-0.25, -0.2) is 13.4 Å². The lowest BCUT2D eigenvalue weighted by molar-refractivity contribution is 0.383. The summed E-state index contributed by atoms with van der Waals surface area (Å²) in [6.45, 7) is 5.73. The highest BCUT2D eigenvalue weighted by Gasteiger charge is 2.28. The molecule has 1 aliphatic heterocycles. The summed E-state index contributed by atoms with van der Waals surface area (Å²) in [5, 5.41) is 4.11. The predicted octanol–water partition coefficient (Wildman–Crippen LogP) is 1.21. The Morgan fingerprint density at radius 3 is 2.89 bits per heavy atom. The van der Waals surface area contributed by atoms with Crippen LogP contribution in [0.15, 0.2) is 10.4 Å². The van der Waals surface area contributed by atoms with Crippen molar-refractivity contribution in [1.82, 2.24) is 14.6 Å². The minimum Gasteiger partial charge on any atom is -0.313 e. The minimum absolute atomic E-state index is 0.286. The molecular weight excluding hydrogens is 270 g/mol. The Kier molecular flexibility index (Phi) is 4.37. The Morgan fingerprint density at radius 2 is 2.39 bits per heavy atom. The van der Waals surface area contributed by atoms with Crippen molar-refractivity contribution in [3.05, 3.63) is 11.2 Å². The van der Waals surface area contributed by atoms with Gasteiger partial charge in [-0.2, -0.15) is 4.31 Å². The Hall–Kier alpha value is -0.500. The van der Waals surface area contributed by atoms with Gasteiger partial charge >= 0.3 is 0 Å². The number of nitrogens with zero attached hydrogens (tertiary/aromatic N) is 2. The number of likely N-dealkylation sites (N-methyl/N-ethyl adjacent to an activating group) is 1. The van der Waals surface area contributed by atoms with E-state index in [9.17, 15) is 8.42 Å². The molecule has 1 fully saturated rings. The van der Waals surface area contributed by atoms with Crippen LogP contribution >= 0.6 is 11.3 Å². The van der Waals surface area contributed by atoms with E-state index < -0.39 is 10.0 Å². The second-order valence-electron chi connectivity index (χ2n) is 4.45. The molecule has 1 aliphatic rings. The van der Waals surface area contributed by atoms with Gasteiger partial charge in [-0.1, -0.05) is 6.92 Å². The van der Waals surface area contributed by atoms with E-state index in [4.69, 9.17) is 0 Å². The average molecular weight is 289 g/mol. The van der Waals surface area contributed by atoms with Crippen molar-refractivity contribution >= 4 is 21.4 Å². The van der Waals surface area contributed by atoms with Gasteiger partial charge in [-0.3, -0.25) is 0 Å². The number of rotatable bonds is 5. The van der Waals surface area contributed by atoms with E-state index in [-0.39, 0.29) is 6.04 Å². The maximum atomic E-state index is 12.4. The Labute approximate surface area is 112 Å². The number of thiazole rings is 1. The first-order valence-corrected chi connectivity index (χ1v) is 8.45. The molecule has 0 aromatic carbocycles. The number of aryl methyl sites for hydroxylation is 1. The third-order valence-corrected chi connectivity index (χ3v) is 6.42. The molecule has 0 radical (unpaired) electrons. The van der Waals surface area contributed by atoms with Gasteiger partial charge in [0.15, 0.2) is 4.21 Å². The third kappa shape index (κ3) is 2.90. The molecule has 1 saturated heterocycles. The van der Waals surface area contributed by atoms with Gasteiger partial charge in [0.2, 0.25) is 0 Å². The van der Waals surface area contributed by atoms with Gasteiger partial charge in [0.1, 0.15) is 0 Å². The summed E-state index contributed by atoms with van der Waals surface area (Å²) in [5.74, 6) is 0. The highest BCUT2D eigenvalue weighted by Crippen LogP contribution is 2.23. The van der Waals surface area contributed by atoms with Gasteiger partial charge in [0.05, 0.1) is 11.2 Å².